The third-order valence-corrected chi connectivity index (χ3v) is 4.49. The molecule has 1 fully saturated rings. The first-order valence-corrected chi connectivity index (χ1v) is 8.52. The zero-order valence-corrected chi connectivity index (χ0v) is 15.4. The molecular weight excluding hydrogens is 345 g/mol. The van der Waals surface area contributed by atoms with Crippen LogP contribution in [0.2, 0.25) is 0 Å². The molecule has 1 aliphatic rings. The second-order valence-electron chi connectivity index (χ2n) is 6.42. The molecule has 0 aromatic heterocycles. The number of halogens is 2. The van der Waals surface area contributed by atoms with Crippen LogP contribution in [0.4, 0.5) is 4.39 Å². The number of nitrogens with zero attached hydrogens (tertiary/aromatic N) is 1. The molecule has 3 N–H and O–H groups in total. The van der Waals surface area contributed by atoms with Crippen molar-refractivity contribution in [2.75, 3.05) is 26.2 Å². The van der Waals surface area contributed by atoms with Gasteiger partial charge in [-0.3, -0.25) is 9.59 Å². The molecule has 140 valence electrons. The molecule has 2 amide bonds. The van der Waals surface area contributed by atoms with E-state index in [1.807, 2.05) is 13.0 Å². The van der Waals surface area contributed by atoms with Gasteiger partial charge in [0.25, 0.3) is 0 Å². The van der Waals surface area contributed by atoms with Crippen molar-refractivity contribution in [3.63, 3.8) is 0 Å². The van der Waals surface area contributed by atoms with Crippen molar-refractivity contribution in [3.05, 3.63) is 35.6 Å². The Labute approximate surface area is 154 Å². The molecule has 1 aromatic rings. The molecule has 5 nitrogen and oxygen atoms in total. The molecule has 0 radical (unpaired) electrons. The number of benzene rings is 1. The Kier molecular flexibility index (Phi) is 8.86. The van der Waals surface area contributed by atoms with Crippen molar-refractivity contribution >= 4 is 24.2 Å². The summed E-state index contributed by atoms with van der Waals surface area (Å²) in [6, 6.07) is 6.36. The summed E-state index contributed by atoms with van der Waals surface area (Å²) in [4.78, 5) is 26.3. The van der Waals surface area contributed by atoms with E-state index in [4.69, 9.17) is 5.73 Å². The largest absolute Gasteiger partial charge is 0.355 e. The molecular formula is C18H27ClFN3O2. The van der Waals surface area contributed by atoms with E-state index in [0.717, 1.165) is 18.4 Å². The predicted molar refractivity (Wildman–Crippen MR) is 98.0 cm³/mol. The van der Waals surface area contributed by atoms with Gasteiger partial charge in [0.05, 0.1) is 5.92 Å². The summed E-state index contributed by atoms with van der Waals surface area (Å²) in [5.74, 6) is -0.529. The smallest absolute Gasteiger partial charge is 0.224 e. The van der Waals surface area contributed by atoms with Crippen LogP contribution in [0.25, 0.3) is 0 Å². The van der Waals surface area contributed by atoms with Crippen LogP contribution in [0.15, 0.2) is 24.3 Å². The van der Waals surface area contributed by atoms with Crippen molar-refractivity contribution < 1.29 is 14.0 Å². The van der Waals surface area contributed by atoms with Crippen LogP contribution in [0.1, 0.15) is 37.7 Å². The van der Waals surface area contributed by atoms with Crippen molar-refractivity contribution in [3.8, 4) is 0 Å². The second kappa shape index (κ2) is 10.4. The molecule has 25 heavy (non-hydrogen) atoms. The summed E-state index contributed by atoms with van der Waals surface area (Å²) in [5.41, 5.74) is 6.21. The minimum absolute atomic E-state index is 0. The lowest BCUT2D eigenvalue weighted by molar-refractivity contribution is -0.136. The van der Waals surface area contributed by atoms with Crippen LogP contribution in [-0.2, 0) is 9.59 Å². The average molecular weight is 372 g/mol. The number of likely N-dealkylation sites (tertiary alicyclic amines) is 1. The van der Waals surface area contributed by atoms with E-state index in [9.17, 15) is 14.0 Å². The summed E-state index contributed by atoms with van der Waals surface area (Å²) in [6.07, 6.45) is 1.93. The van der Waals surface area contributed by atoms with Crippen LogP contribution in [0, 0.1) is 11.7 Å². The van der Waals surface area contributed by atoms with E-state index < -0.39 is 0 Å². The summed E-state index contributed by atoms with van der Waals surface area (Å²) in [5, 5.41) is 2.79. The van der Waals surface area contributed by atoms with E-state index in [-0.39, 0.29) is 41.9 Å². The molecule has 2 rings (SSSR count). The summed E-state index contributed by atoms with van der Waals surface area (Å²) < 4.78 is 13.3. The molecule has 1 aromatic carbocycles. The van der Waals surface area contributed by atoms with E-state index in [1.54, 1.807) is 11.0 Å². The summed E-state index contributed by atoms with van der Waals surface area (Å²) in [6.45, 7) is 3.91. The SMILES string of the molecule is CC(CC(=O)N1CCCC(C(=O)NCCN)C1)c1cccc(F)c1.Cl. The normalized spacial score (nSPS) is 18.2. The topological polar surface area (TPSA) is 75.4 Å². The zero-order valence-electron chi connectivity index (χ0n) is 14.5. The highest BCUT2D eigenvalue weighted by atomic mass is 35.5. The lowest BCUT2D eigenvalue weighted by atomic mass is 9.94. The van der Waals surface area contributed by atoms with Crippen LogP contribution in [0.5, 0.6) is 0 Å². The molecule has 7 heteroatoms. The highest BCUT2D eigenvalue weighted by Crippen LogP contribution is 2.23. The molecule has 2 unspecified atom stereocenters. The number of piperidine rings is 1. The van der Waals surface area contributed by atoms with Crippen LogP contribution < -0.4 is 11.1 Å². The number of hydrogen-bond donors (Lipinski definition) is 2. The maximum Gasteiger partial charge on any atom is 0.224 e. The van der Waals surface area contributed by atoms with Crippen molar-refractivity contribution in [2.24, 2.45) is 11.7 Å². The number of carbonyl (C=O) groups is 2. The van der Waals surface area contributed by atoms with Gasteiger partial charge in [0.1, 0.15) is 5.82 Å². The van der Waals surface area contributed by atoms with Crippen molar-refractivity contribution in [2.45, 2.75) is 32.1 Å². The third-order valence-electron chi connectivity index (χ3n) is 4.49. The fourth-order valence-electron chi connectivity index (χ4n) is 3.08. The van der Waals surface area contributed by atoms with Gasteiger partial charge in [0.15, 0.2) is 0 Å². The maximum atomic E-state index is 13.3. The minimum Gasteiger partial charge on any atom is -0.355 e. The van der Waals surface area contributed by atoms with Gasteiger partial charge < -0.3 is 16.0 Å². The van der Waals surface area contributed by atoms with Gasteiger partial charge in [0.2, 0.25) is 11.8 Å². The number of carbonyl (C=O) groups excluding carboxylic acids is 2. The number of hydrogen-bond acceptors (Lipinski definition) is 3. The van der Waals surface area contributed by atoms with Gasteiger partial charge in [-0.25, -0.2) is 4.39 Å². The summed E-state index contributed by atoms with van der Waals surface area (Å²) in [7, 11) is 0. The molecule has 1 aliphatic heterocycles. The third kappa shape index (κ3) is 6.29. The maximum absolute atomic E-state index is 13.3. The predicted octanol–water partition coefficient (Wildman–Crippen LogP) is 2.05. The monoisotopic (exact) mass is 371 g/mol. The van der Waals surface area contributed by atoms with Gasteiger partial charge in [-0.1, -0.05) is 19.1 Å². The molecule has 0 saturated carbocycles. The Morgan fingerprint density at radius 2 is 2.20 bits per heavy atom. The fourth-order valence-corrected chi connectivity index (χ4v) is 3.08. The van der Waals surface area contributed by atoms with Crippen LogP contribution >= 0.6 is 12.4 Å². The Morgan fingerprint density at radius 3 is 2.88 bits per heavy atom. The standard InChI is InChI=1S/C18H26FN3O2.ClH/c1-13(14-4-2-6-16(19)11-14)10-17(23)22-9-3-5-15(12-22)18(24)21-8-7-20;/h2,4,6,11,13,15H,3,5,7-10,12,20H2,1H3,(H,21,24);1H. The summed E-state index contributed by atoms with van der Waals surface area (Å²) >= 11 is 0. The van der Waals surface area contributed by atoms with Gasteiger partial charge in [0, 0.05) is 32.6 Å². The Morgan fingerprint density at radius 1 is 1.44 bits per heavy atom. The second-order valence-corrected chi connectivity index (χ2v) is 6.42. The fraction of sp³-hybridized carbons (Fsp3) is 0.556. The van der Waals surface area contributed by atoms with Gasteiger partial charge >= 0.3 is 0 Å². The van der Waals surface area contributed by atoms with Crippen LogP contribution in [0.3, 0.4) is 0 Å². The first kappa shape index (κ1) is 21.4. The molecule has 1 heterocycles. The number of nitrogens with two attached hydrogens (primary N) is 1. The Bertz CT molecular complexity index is 585. The minimum atomic E-state index is -0.290. The van der Waals surface area contributed by atoms with E-state index in [1.165, 1.54) is 12.1 Å². The van der Waals surface area contributed by atoms with E-state index in [2.05, 4.69) is 5.32 Å². The van der Waals surface area contributed by atoms with E-state index >= 15 is 0 Å². The Balaban J connectivity index is 0.00000312. The highest BCUT2D eigenvalue weighted by Gasteiger charge is 2.28. The van der Waals surface area contributed by atoms with Crippen molar-refractivity contribution in [1.29, 1.82) is 0 Å². The molecule has 0 bridgehead atoms. The van der Waals surface area contributed by atoms with Gasteiger partial charge in [-0.2, -0.15) is 0 Å². The lowest BCUT2D eigenvalue weighted by Crippen LogP contribution is -2.46. The van der Waals surface area contributed by atoms with E-state index in [0.29, 0.717) is 32.6 Å². The molecule has 0 aliphatic carbocycles. The highest BCUT2D eigenvalue weighted by molar-refractivity contribution is 5.85. The lowest BCUT2D eigenvalue weighted by Gasteiger charge is -2.32. The number of nitrogens with one attached hydrogen (secondary N) is 1. The Hall–Kier alpha value is -1.66. The molecule has 2 atom stereocenters. The quantitative estimate of drug-likeness (QED) is 0.803. The first-order valence-electron chi connectivity index (χ1n) is 8.52. The molecule has 1 saturated heterocycles. The average Bonchev–Trinajstić information content (AvgIpc) is 2.59. The zero-order chi connectivity index (χ0) is 17.5. The van der Waals surface area contributed by atoms with Crippen molar-refractivity contribution in [1.82, 2.24) is 10.2 Å². The van der Waals surface area contributed by atoms with Gasteiger partial charge in [-0.05, 0) is 36.5 Å². The first-order chi connectivity index (χ1) is 11.5. The number of rotatable bonds is 6. The van der Waals surface area contributed by atoms with Gasteiger partial charge in [-0.15, -0.1) is 12.4 Å². The number of amides is 2. The van der Waals surface area contributed by atoms with Crippen LogP contribution in [-0.4, -0.2) is 42.9 Å². The molecule has 0 spiro atoms.